The molecular weight excluding hydrogens is 340 g/mol. The van der Waals surface area contributed by atoms with Gasteiger partial charge in [0.05, 0.1) is 0 Å². The topological polar surface area (TPSA) is 0 Å². The van der Waals surface area contributed by atoms with Crippen molar-refractivity contribution in [2.45, 2.75) is 65.8 Å². The molecule has 2 aromatic carbocycles. The van der Waals surface area contributed by atoms with Crippen LogP contribution >= 0.6 is 0 Å². The van der Waals surface area contributed by atoms with Gasteiger partial charge in [-0.3, -0.25) is 0 Å². The van der Waals surface area contributed by atoms with E-state index in [0.717, 1.165) is 12.8 Å². The van der Waals surface area contributed by atoms with E-state index in [1.807, 2.05) is 0 Å². The number of hydrogen-bond donors (Lipinski definition) is 0. The van der Waals surface area contributed by atoms with Gasteiger partial charge in [0.15, 0.2) is 0 Å². The maximum Gasteiger partial charge on any atom is 0.103 e. The predicted molar refractivity (Wildman–Crippen MR) is 123 cm³/mol. The highest BCUT2D eigenvalue weighted by Gasteiger charge is 2.26. The number of allylic oxidation sites excluding steroid dienone is 4. The second-order valence-electron chi connectivity index (χ2n) is 8.15. The standard InChI is InChI=1S/C26H34Si/c1-5-6-10-16-27(26-21(3)17-20(2)18-22(26)4)25-15-11-14-24(25)19-23-12-8-7-9-13-23/h7-9,12-15,17-18,27H,5-6,10-11,16,19H2,1-4H3. The molecule has 1 aliphatic carbocycles. The van der Waals surface area contributed by atoms with Crippen LogP contribution in [0.25, 0.3) is 0 Å². The highest BCUT2D eigenvalue weighted by molar-refractivity contribution is 6.81. The fraction of sp³-hybridized carbons (Fsp3) is 0.385. The average molecular weight is 375 g/mol. The molecule has 0 aliphatic heterocycles. The second kappa shape index (κ2) is 9.37. The molecule has 2 aromatic rings. The summed E-state index contributed by atoms with van der Waals surface area (Å²) in [5.74, 6) is 0. The third-order valence-corrected chi connectivity index (χ3v) is 9.82. The van der Waals surface area contributed by atoms with E-state index in [4.69, 9.17) is 0 Å². The Morgan fingerprint density at radius 2 is 1.59 bits per heavy atom. The van der Waals surface area contributed by atoms with Crippen molar-refractivity contribution in [2.75, 3.05) is 0 Å². The van der Waals surface area contributed by atoms with Crippen LogP contribution in [0.4, 0.5) is 0 Å². The normalized spacial score (nSPS) is 14.8. The summed E-state index contributed by atoms with van der Waals surface area (Å²) in [5, 5.41) is 3.44. The summed E-state index contributed by atoms with van der Waals surface area (Å²) in [7, 11) is -1.18. The molecule has 27 heavy (non-hydrogen) atoms. The Morgan fingerprint density at radius 3 is 2.26 bits per heavy atom. The molecule has 0 spiro atoms. The summed E-state index contributed by atoms with van der Waals surface area (Å²) in [4.78, 5) is 0. The molecule has 1 heteroatoms. The first-order chi connectivity index (χ1) is 13.1. The van der Waals surface area contributed by atoms with Crippen LogP contribution in [0, 0.1) is 20.8 Å². The van der Waals surface area contributed by atoms with E-state index in [-0.39, 0.29) is 0 Å². The third kappa shape index (κ3) is 4.90. The van der Waals surface area contributed by atoms with E-state index < -0.39 is 8.80 Å². The molecule has 0 nitrogen and oxygen atoms in total. The molecule has 0 heterocycles. The van der Waals surface area contributed by atoms with Crippen LogP contribution in [0.2, 0.25) is 6.04 Å². The third-order valence-electron chi connectivity index (χ3n) is 5.87. The van der Waals surface area contributed by atoms with Gasteiger partial charge in [0, 0.05) is 0 Å². The summed E-state index contributed by atoms with van der Waals surface area (Å²) in [6.45, 7) is 9.22. The molecular formula is C26H34Si. The molecule has 142 valence electrons. The van der Waals surface area contributed by atoms with Crippen molar-refractivity contribution in [3.63, 3.8) is 0 Å². The first kappa shape index (κ1) is 19.9. The van der Waals surface area contributed by atoms with Crippen molar-refractivity contribution in [1.82, 2.24) is 0 Å². The van der Waals surface area contributed by atoms with Crippen LogP contribution in [0.3, 0.4) is 0 Å². The van der Waals surface area contributed by atoms with Crippen molar-refractivity contribution in [1.29, 1.82) is 0 Å². The summed E-state index contributed by atoms with van der Waals surface area (Å²) < 4.78 is 0. The fourth-order valence-corrected chi connectivity index (χ4v) is 8.69. The van der Waals surface area contributed by atoms with Gasteiger partial charge >= 0.3 is 0 Å². The van der Waals surface area contributed by atoms with Gasteiger partial charge in [-0.15, -0.1) is 0 Å². The molecule has 0 aromatic heterocycles. The van der Waals surface area contributed by atoms with Gasteiger partial charge in [0.2, 0.25) is 0 Å². The molecule has 0 saturated carbocycles. The molecule has 1 aliphatic rings. The monoisotopic (exact) mass is 374 g/mol. The Labute approximate surface area is 167 Å². The Balaban J connectivity index is 1.92. The lowest BCUT2D eigenvalue weighted by Gasteiger charge is -2.24. The molecule has 0 fully saturated rings. The van der Waals surface area contributed by atoms with Gasteiger partial charge in [-0.2, -0.15) is 0 Å². The highest BCUT2D eigenvalue weighted by Crippen LogP contribution is 2.29. The van der Waals surface area contributed by atoms with Gasteiger partial charge in [-0.25, -0.2) is 0 Å². The van der Waals surface area contributed by atoms with Gasteiger partial charge in [-0.05, 0) is 44.7 Å². The van der Waals surface area contributed by atoms with E-state index in [1.165, 1.54) is 47.6 Å². The summed E-state index contributed by atoms with van der Waals surface area (Å²) in [6, 6.07) is 17.2. The van der Waals surface area contributed by atoms with Crippen molar-refractivity contribution < 1.29 is 0 Å². The molecule has 1 unspecified atom stereocenters. The number of aryl methyl sites for hydroxylation is 3. The fourth-order valence-electron chi connectivity index (χ4n) is 4.73. The van der Waals surface area contributed by atoms with E-state index in [9.17, 15) is 0 Å². The first-order valence-electron chi connectivity index (χ1n) is 10.6. The van der Waals surface area contributed by atoms with Crippen LogP contribution < -0.4 is 5.19 Å². The second-order valence-corrected chi connectivity index (χ2v) is 11.0. The Hall–Kier alpha value is -1.86. The van der Waals surface area contributed by atoms with Crippen LogP contribution in [0.5, 0.6) is 0 Å². The SMILES string of the molecule is CCCCC[SiH](C1=CCC=C1Cc1ccccc1)c1c(C)cc(C)cc1C. The van der Waals surface area contributed by atoms with E-state index in [2.05, 4.69) is 82.3 Å². The predicted octanol–water partition coefficient (Wildman–Crippen LogP) is 6.27. The minimum absolute atomic E-state index is 1.09. The Bertz CT molecular complexity index is 804. The molecule has 0 N–H and O–H groups in total. The van der Waals surface area contributed by atoms with Gasteiger partial charge in [0.1, 0.15) is 8.80 Å². The van der Waals surface area contributed by atoms with Crippen molar-refractivity contribution in [3.8, 4) is 0 Å². The number of rotatable bonds is 8. The van der Waals surface area contributed by atoms with E-state index >= 15 is 0 Å². The molecule has 3 rings (SSSR count). The van der Waals surface area contributed by atoms with Gasteiger partial charge < -0.3 is 0 Å². The van der Waals surface area contributed by atoms with Gasteiger partial charge in [0.25, 0.3) is 0 Å². The van der Waals surface area contributed by atoms with Crippen molar-refractivity contribution in [2.24, 2.45) is 0 Å². The zero-order chi connectivity index (χ0) is 19.2. The number of unbranched alkanes of at least 4 members (excludes halogenated alkanes) is 2. The molecule has 1 atom stereocenters. The van der Waals surface area contributed by atoms with Crippen LogP contribution in [-0.4, -0.2) is 8.80 Å². The molecule has 0 bridgehead atoms. The molecule has 0 saturated heterocycles. The Kier molecular flexibility index (Phi) is 6.90. The zero-order valence-corrected chi connectivity index (χ0v) is 18.7. The lowest BCUT2D eigenvalue weighted by atomic mass is 10.1. The average Bonchev–Trinajstić information content (AvgIpc) is 3.08. The molecule has 0 radical (unpaired) electrons. The lowest BCUT2D eigenvalue weighted by Crippen LogP contribution is -2.37. The van der Waals surface area contributed by atoms with Crippen LogP contribution in [-0.2, 0) is 6.42 Å². The lowest BCUT2D eigenvalue weighted by molar-refractivity contribution is 0.767. The van der Waals surface area contributed by atoms with Crippen LogP contribution in [0.15, 0.2) is 65.4 Å². The number of benzene rings is 2. The first-order valence-corrected chi connectivity index (χ1v) is 12.6. The maximum atomic E-state index is 2.56. The summed E-state index contributed by atoms with van der Waals surface area (Å²) >= 11 is 0. The Morgan fingerprint density at radius 1 is 0.889 bits per heavy atom. The van der Waals surface area contributed by atoms with E-state index in [0.29, 0.717) is 0 Å². The van der Waals surface area contributed by atoms with Crippen molar-refractivity contribution in [3.05, 3.63) is 87.6 Å². The smallest absolute Gasteiger partial charge is 0.0811 e. The highest BCUT2D eigenvalue weighted by atomic mass is 28.3. The molecule has 0 amide bonds. The largest absolute Gasteiger partial charge is 0.103 e. The quantitative estimate of drug-likeness (QED) is 0.377. The van der Waals surface area contributed by atoms with E-state index in [1.54, 1.807) is 16.0 Å². The number of hydrogen-bond acceptors (Lipinski definition) is 0. The van der Waals surface area contributed by atoms with Crippen molar-refractivity contribution >= 4 is 14.0 Å². The zero-order valence-electron chi connectivity index (χ0n) is 17.5. The minimum Gasteiger partial charge on any atom is -0.0811 e. The summed E-state index contributed by atoms with van der Waals surface area (Å²) in [6.07, 6.45) is 11.3. The summed E-state index contributed by atoms with van der Waals surface area (Å²) in [5.41, 5.74) is 7.49. The van der Waals surface area contributed by atoms with Crippen LogP contribution in [0.1, 0.15) is 54.9 Å². The van der Waals surface area contributed by atoms with Gasteiger partial charge in [-0.1, -0.05) is 114 Å². The minimum atomic E-state index is -1.18. The maximum absolute atomic E-state index is 2.56.